The Hall–Kier alpha value is -0.300. The normalized spacial score (nSPS) is 21.9. The first-order valence-electron chi connectivity index (χ1n) is 6.73. The lowest BCUT2D eigenvalue weighted by molar-refractivity contribution is 0.270. The highest BCUT2D eigenvalue weighted by Crippen LogP contribution is 2.19. The van der Waals surface area contributed by atoms with E-state index in [4.69, 9.17) is 5.73 Å². The Labute approximate surface area is 137 Å². The molecule has 0 aliphatic carbocycles. The fourth-order valence-electron chi connectivity index (χ4n) is 2.39. The number of likely N-dealkylation sites (tertiary alicyclic amines) is 1. The van der Waals surface area contributed by atoms with Crippen LogP contribution in [0.1, 0.15) is 38.2 Å². The van der Waals surface area contributed by atoms with Crippen LogP contribution in [0.25, 0.3) is 0 Å². The van der Waals surface area contributed by atoms with Crippen LogP contribution in [-0.4, -0.2) is 30.5 Å². The van der Waals surface area contributed by atoms with E-state index in [1.807, 2.05) is 0 Å². The molecule has 1 aromatic rings. The first-order valence-corrected chi connectivity index (χ1v) is 7.68. The molecule has 2 heterocycles. The highest BCUT2D eigenvalue weighted by Gasteiger charge is 2.17. The average molecular weight is 393 g/mol. The summed E-state index contributed by atoms with van der Waals surface area (Å²) in [6.07, 6.45) is 2.55. The van der Waals surface area contributed by atoms with Crippen LogP contribution in [0.3, 0.4) is 0 Å². The summed E-state index contributed by atoms with van der Waals surface area (Å²) in [5.74, 6) is 1.92. The van der Waals surface area contributed by atoms with Crippen molar-refractivity contribution in [2.45, 2.75) is 32.6 Å². The lowest BCUT2D eigenvalue weighted by Gasteiger charge is -2.31. The molecule has 1 aromatic heterocycles. The fraction of sp³-hybridized carbons (Fsp3) is 0.643. The predicted molar refractivity (Wildman–Crippen MR) is 94.6 cm³/mol. The Morgan fingerprint density at radius 1 is 1.63 bits per heavy atom. The number of nitrogens with zero attached hydrogens (tertiary/aromatic N) is 2. The molecule has 0 amide bonds. The predicted octanol–water partition coefficient (Wildman–Crippen LogP) is 3.52. The molecule has 0 radical (unpaired) electrons. The molecular weight excluding hydrogens is 369 g/mol. The smallest absolute Gasteiger partial charge is 0.191 e. The number of nitrogens with two attached hydrogens (primary N) is 1. The minimum Gasteiger partial charge on any atom is -0.370 e. The Morgan fingerprint density at radius 2 is 2.42 bits per heavy atom. The van der Waals surface area contributed by atoms with Gasteiger partial charge in [-0.1, -0.05) is 13.8 Å². The Kier molecular flexibility index (Phi) is 7.13. The highest BCUT2D eigenvalue weighted by molar-refractivity contribution is 14.0. The molecule has 0 bridgehead atoms. The van der Waals surface area contributed by atoms with Gasteiger partial charge in [-0.2, -0.15) is 11.3 Å². The van der Waals surface area contributed by atoms with Gasteiger partial charge in [0.25, 0.3) is 0 Å². The molecule has 5 heteroatoms. The lowest BCUT2D eigenvalue weighted by atomic mass is 10.0. The van der Waals surface area contributed by atoms with Gasteiger partial charge in [0, 0.05) is 25.6 Å². The number of piperidine rings is 1. The Bertz CT molecular complexity index is 391. The number of rotatable bonds is 3. The van der Waals surface area contributed by atoms with Gasteiger partial charge >= 0.3 is 0 Å². The fourth-order valence-corrected chi connectivity index (χ4v) is 3.17. The van der Waals surface area contributed by atoms with Crippen molar-refractivity contribution >= 4 is 41.3 Å². The van der Waals surface area contributed by atoms with Gasteiger partial charge in [-0.3, -0.25) is 4.99 Å². The standard InChI is InChI=1S/C14H23N3S.HI/c1-11-4-3-6-17(9-11)14(15)16-8-12(2)13-5-7-18-10-13;/h5,7,10-12H,3-4,6,8-9H2,1-2H3,(H2,15,16);1H. The minimum absolute atomic E-state index is 0. The van der Waals surface area contributed by atoms with E-state index >= 15 is 0 Å². The van der Waals surface area contributed by atoms with Crippen LogP contribution in [0.2, 0.25) is 0 Å². The lowest BCUT2D eigenvalue weighted by Crippen LogP contribution is -2.43. The number of hydrogen-bond acceptors (Lipinski definition) is 2. The summed E-state index contributed by atoms with van der Waals surface area (Å²) in [6, 6.07) is 2.17. The van der Waals surface area contributed by atoms with Gasteiger partial charge in [-0.15, -0.1) is 24.0 Å². The molecule has 2 atom stereocenters. The third-order valence-electron chi connectivity index (χ3n) is 3.62. The summed E-state index contributed by atoms with van der Waals surface area (Å²) in [5.41, 5.74) is 7.46. The number of hydrogen-bond donors (Lipinski definition) is 1. The van der Waals surface area contributed by atoms with Gasteiger partial charge in [-0.25, -0.2) is 0 Å². The van der Waals surface area contributed by atoms with E-state index in [2.05, 4.69) is 40.6 Å². The van der Waals surface area contributed by atoms with Crippen molar-refractivity contribution in [2.75, 3.05) is 19.6 Å². The summed E-state index contributed by atoms with van der Waals surface area (Å²) >= 11 is 1.74. The van der Waals surface area contributed by atoms with Crippen LogP contribution in [0.4, 0.5) is 0 Å². The molecule has 1 fully saturated rings. The molecule has 0 aromatic carbocycles. The third-order valence-corrected chi connectivity index (χ3v) is 4.32. The molecule has 1 saturated heterocycles. The van der Waals surface area contributed by atoms with E-state index in [1.165, 1.54) is 18.4 Å². The van der Waals surface area contributed by atoms with Gasteiger partial charge in [0.15, 0.2) is 5.96 Å². The molecule has 2 unspecified atom stereocenters. The second-order valence-corrected chi connectivity index (χ2v) is 6.13. The molecule has 19 heavy (non-hydrogen) atoms. The van der Waals surface area contributed by atoms with E-state index < -0.39 is 0 Å². The Morgan fingerprint density at radius 3 is 3.05 bits per heavy atom. The number of thiophene rings is 1. The van der Waals surface area contributed by atoms with Crippen LogP contribution in [0, 0.1) is 5.92 Å². The van der Waals surface area contributed by atoms with Crippen molar-refractivity contribution in [2.24, 2.45) is 16.6 Å². The van der Waals surface area contributed by atoms with Crippen LogP contribution in [0.5, 0.6) is 0 Å². The first-order chi connectivity index (χ1) is 8.66. The maximum atomic E-state index is 6.09. The summed E-state index contributed by atoms with van der Waals surface area (Å²) in [4.78, 5) is 6.79. The van der Waals surface area contributed by atoms with Crippen molar-refractivity contribution in [3.8, 4) is 0 Å². The SMILES string of the molecule is CC1CCCN(C(N)=NCC(C)c2ccsc2)C1.I. The quantitative estimate of drug-likeness (QED) is 0.485. The van der Waals surface area contributed by atoms with Crippen LogP contribution in [0.15, 0.2) is 21.8 Å². The second-order valence-electron chi connectivity index (χ2n) is 5.35. The first kappa shape index (κ1) is 16.8. The summed E-state index contributed by atoms with van der Waals surface area (Å²) in [7, 11) is 0. The second kappa shape index (κ2) is 8.09. The summed E-state index contributed by atoms with van der Waals surface area (Å²) in [5, 5.41) is 4.31. The van der Waals surface area contributed by atoms with Crippen molar-refractivity contribution in [1.29, 1.82) is 0 Å². The molecule has 108 valence electrons. The van der Waals surface area contributed by atoms with Crippen molar-refractivity contribution < 1.29 is 0 Å². The zero-order valence-electron chi connectivity index (χ0n) is 11.7. The van der Waals surface area contributed by atoms with E-state index in [0.717, 1.165) is 31.5 Å². The van der Waals surface area contributed by atoms with E-state index in [0.29, 0.717) is 5.92 Å². The number of halogens is 1. The molecule has 0 spiro atoms. The van der Waals surface area contributed by atoms with Gasteiger partial charge in [0.05, 0.1) is 0 Å². The Balaban J connectivity index is 0.00000180. The van der Waals surface area contributed by atoms with Crippen LogP contribution in [-0.2, 0) is 0 Å². The van der Waals surface area contributed by atoms with E-state index in [1.54, 1.807) is 11.3 Å². The molecule has 3 nitrogen and oxygen atoms in total. The zero-order valence-corrected chi connectivity index (χ0v) is 14.9. The maximum absolute atomic E-state index is 6.09. The van der Waals surface area contributed by atoms with Crippen LogP contribution < -0.4 is 5.73 Å². The summed E-state index contributed by atoms with van der Waals surface area (Å²) < 4.78 is 0. The largest absolute Gasteiger partial charge is 0.370 e. The van der Waals surface area contributed by atoms with Crippen molar-refractivity contribution in [3.05, 3.63) is 22.4 Å². The van der Waals surface area contributed by atoms with Crippen molar-refractivity contribution in [3.63, 3.8) is 0 Å². The molecule has 0 saturated carbocycles. The molecule has 1 aliphatic heterocycles. The highest BCUT2D eigenvalue weighted by atomic mass is 127. The minimum atomic E-state index is 0. The van der Waals surface area contributed by atoms with Crippen LogP contribution >= 0.6 is 35.3 Å². The van der Waals surface area contributed by atoms with Gasteiger partial charge in [0.1, 0.15) is 0 Å². The number of guanidine groups is 1. The average Bonchev–Trinajstić information content (AvgIpc) is 2.89. The topological polar surface area (TPSA) is 41.6 Å². The number of aliphatic imine (C=N–C) groups is 1. The van der Waals surface area contributed by atoms with Gasteiger partial charge in [0.2, 0.25) is 0 Å². The molecule has 2 rings (SSSR count). The molecule has 1 aliphatic rings. The van der Waals surface area contributed by atoms with Gasteiger partial charge in [-0.05, 0) is 41.1 Å². The maximum Gasteiger partial charge on any atom is 0.191 e. The van der Waals surface area contributed by atoms with E-state index in [9.17, 15) is 0 Å². The third kappa shape index (κ3) is 4.95. The molecule has 2 N–H and O–H groups in total. The summed E-state index contributed by atoms with van der Waals surface area (Å²) in [6.45, 7) is 7.40. The van der Waals surface area contributed by atoms with E-state index in [-0.39, 0.29) is 24.0 Å². The zero-order chi connectivity index (χ0) is 13.0. The monoisotopic (exact) mass is 393 g/mol. The molecular formula is C14H24IN3S. The van der Waals surface area contributed by atoms with Crippen molar-refractivity contribution in [1.82, 2.24) is 4.90 Å². The van der Waals surface area contributed by atoms with Gasteiger partial charge < -0.3 is 10.6 Å².